The van der Waals surface area contributed by atoms with Gasteiger partial charge in [0.1, 0.15) is 0 Å². The number of nitrogens with two attached hydrogens (primary N) is 1. The summed E-state index contributed by atoms with van der Waals surface area (Å²) in [5.41, 5.74) is 6.76. The van der Waals surface area contributed by atoms with Crippen molar-refractivity contribution < 1.29 is 4.79 Å². The molecular formula is C18H28N2O. The predicted octanol–water partition coefficient (Wildman–Crippen LogP) is 3.30. The maximum absolute atomic E-state index is 12.9. The Balaban J connectivity index is 2.09. The Morgan fingerprint density at radius 1 is 1.24 bits per heavy atom. The van der Waals surface area contributed by atoms with E-state index in [9.17, 15) is 4.79 Å². The minimum atomic E-state index is -0.0640. The van der Waals surface area contributed by atoms with Gasteiger partial charge in [-0.05, 0) is 38.3 Å². The van der Waals surface area contributed by atoms with E-state index < -0.39 is 0 Å². The van der Waals surface area contributed by atoms with Crippen LogP contribution in [0.5, 0.6) is 0 Å². The van der Waals surface area contributed by atoms with Crippen LogP contribution in [0.3, 0.4) is 0 Å². The third-order valence-electron chi connectivity index (χ3n) is 4.57. The molecular weight excluding hydrogens is 260 g/mol. The first kappa shape index (κ1) is 16.0. The quantitative estimate of drug-likeness (QED) is 0.873. The highest BCUT2D eigenvalue weighted by Gasteiger charge is 2.28. The van der Waals surface area contributed by atoms with Gasteiger partial charge in [-0.15, -0.1) is 0 Å². The van der Waals surface area contributed by atoms with Gasteiger partial charge in [0.15, 0.2) is 0 Å². The molecule has 0 spiro atoms. The monoisotopic (exact) mass is 288 g/mol. The minimum absolute atomic E-state index is 0.0640. The summed E-state index contributed by atoms with van der Waals surface area (Å²) in [6.07, 6.45) is 7.00. The van der Waals surface area contributed by atoms with E-state index in [2.05, 4.69) is 4.90 Å². The van der Waals surface area contributed by atoms with Crippen LogP contribution in [0.2, 0.25) is 0 Å². The summed E-state index contributed by atoms with van der Waals surface area (Å²) in [6, 6.07) is 10.5. The smallest absolute Gasteiger partial charge is 0.230 e. The van der Waals surface area contributed by atoms with Crippen molar-refractivity contribution in [3.05, 3.63) is 35.9 Å². The van der Waals surface area contributed by atoms with Crippen molar-refractivity contribution in [1.29, 1.82) is 0 Å². The molecule has 116 valence electrons. The van der Waals surface area contributed by atoms with E-state index in [4.69, 9.17) is 5.73 Å². The third kappa shape index (κ3) is 4.31. The summed E-state index contributed by atoms with van der Waals surface area (Å²) in [5, 5.41) is 0. The zero-order valence-electron chi connectivity index (χ0n) is 13.1. The van der Waals surface area contributed by atoms with Crippen molar-refractivity contribution in [2.75, 3.05) is 13.1 Å². The molecule has 0 heterocycles. The zero-order chi connectivity index (χ0) is 15.1. The Bertz CT molecular complexity index is 426. The number of hydrogen-bond donors (Lipinski definition) is 1. The fourth-order valence-corrected chi connectivity index (χ4v) is 3.26. The first-order valence-electron chi connectivity index (χ1n) is 8.29. The number of carbonyl (C=O) groups is 1. The molecule has 1 fully saturated rings. The lowest BCUT2D eigenvalue weighted by molar-refractivity contribution is -0.135. The van der Waals surface area contributed by atoms with Gasteiger partial charge in [0.25, 0.3) is 0 Å². The highest BCUT2D eigenvalue weighted by Crippen LogP contribution is 2.26. The van der Waals surface area contributed by atoms with Crippen molar-refractivity contribution in [3.63, 3.8) is 0 Å². The molecule has 0 radical (unpaired) electrons. The molecule has 1 aliphatic rings. The van der Waals surface area contributed by atoms with E-state index in [1.807, 2.05) is 37.3 Å². The molecule has 2 N–H and O–H groups in total. The lowest BCUT2D eigenvalue weighted by Gasteiger charge is -2.36. The molecule has 0 aliphatic heterocycles. The van der Waals surface area contributed by atoms with Crippen molar-refractivity contribution in [2.24, 2.45) is 5.73 Å². The van der Waals surface area contributed by atoms with Crippen LogP contribution in [0, 0.1) is 0 Å². The second-order valence-electron chi connectivity index (χ2n) is 6.10. The zero-order valence-corrected chi connectivity index (χ0v) is 13.1. The fraction of sp³-hybridized carbons (Fsp3) is 0.611. The molecule has 1 aromatic carbocycles. The van der Waals surface area contributed by atoms with E-state index in [0.29, 0.717) is 12.6 Å². The van der Waals surface area contributed by atoms with E-state index >= 15 is 0 Å². The molecule has 3 nitrogen and oxygen atoms in total. The van der Waals surface area contributed by atoms with Gasteiger partial charge in [-0.2, -0.15) is 0 Å². The normalized spacial score (nSPS) is 17.4. The highest BCUT2D eigenvalue weighted by atomic mass is 16.2. The second-order valence-corrected chi connectivity index (χ2v) is 6.10. The van der Waals surface area contributed by atoms with Crippen molar-refractivity contribution in [1.82, 2.24) is 4.90 Å². The number of amides is 1. The minimum Gasteiger partial charge on any atom is -0.339 e. The van der Waals surface area contributed by atoms with Gasteiger partial charge in [0, 0.05) is 12.6 Å². The second kappa shape index (κ2) is 8.18. The van der Waals surface area contributed by atoms with Gasteiger partial charge < -0.3 is 10.6 Å². The molecule has 1 aromatic rings. The van der Waals surface area contributed by atoms with E-state index in [1.54, 1.807) is 0 Å². The summed E-state index contributed by atoms with van der Waals surface area (Å²) in [5.74, 6) is 0.201. The lowest BCUT2D eigenvalue weighted by Crippen LogP contribution is -2.44. The van der Waals surface area contributed by atoms with Crippen LogP contribution in [0.4, 0.5) is 0 Å². The highest BCUT2D eigenvalue weighted by molar-refractivity contribution is 5.83. The SMILES string of the molecule is CC(C(=O)N(CCCN)C1CCCCC1)c1ccccc1. The van der Waals surface area contributed by atoms with Gasteiger partial charge in [0.2, 0.25) is 5.91 Å². The molecule has 1 amide bonds. The van der Waals surface area contributed by atoms with Crippen LogP contribution in [0.15, 0.2) is 30.3 Å². The van der Waals surface area contributed by atoms with Gasteiger partial charge in [0.05, 0.1) is 5.92 Å². The maximum Gasteiger partial charge on any atom is 0.230 e. The van der Waals surface area contributed by atoms with Crippen LogP contribution in [0.1, 0.15) is 56.9 Å². The van der Waals surface area contributed by atoms with Gasteiger partial charge in [-0.3, -0.25) is 4.79 Å². The first-order valence-corrected chi connectivity index (χ1v) is 8.29. The maximum atomic E-state index is 12.9. The molecule has 0 saturated heterocycles. The summed E-state index contributed by atoms with van der Waals surface area (Å²) >= 11 is 0. The summed E-state index contributed by atoms with van der Waals surface area (Å²) in [7, 11) is 0. The molecule has 2 rings (SSSR count). The molecule has 21 heavy (non-hydrogen) atoms. The molecule has 0 aromatic heterocycles. The Labute approximate surface area is 128 Å². The van der Waals surface area contributed by atoms with Crippen LogP contribution >= 0.6 is 0 Å². The average Bonchev–Trinajstić information content (AvgIpc) is 2.56. The van der Waals surface area contributed by atoms with Gasteiger partial charge in [-0.1, -0.05) is 49.6 Å². The average molecular weight is 288 g/mol. The number of benzene rings is 1. The number of nitrogens with zero attached hydrogens (tertiary/aromatic N) is 1. The van der Waals surface area contributed by atoms with Crippen molar-refractivity contribution in [2.45, 2.75) is 57.4 Å². The van der Waals surface area contributed by atoms with Crippen molar-refractivity contribution >= 4 is 5.91 Å². The summed E-state index contributed by atoms with van der Waals surface area (Å²) < 4.78 is 0. The predicted molar refractivity (Wildman–Crippen MR) is 87.1 cm³/mol. The van der Waals surface area contributed by atoms with Crippen LogP contribution < -0.4 is 5.73 Å². The first-order chi connectivity index (χ1) is 10.2. The van der Waals surface area contributed by atoms with Crippen LogP contribution in [-0.2, 0) is 4.79 Å². The lowest BCUT2D eigenvalue weighted by atomic mass is 9.92. The number of hydrogen-bond acceptors (Lipinski definition) is 2. The largest absolute Gasteiger partial charge is 0.339 e. The van der Waals surface area contributed by atoms with E-state index in [0.717, 1.165) is 31.4 Å². The molecule has 3 heteroatoms. The molecule has 1 atom stereocenters. The molecule has 1 aliphatic carbocycles. The number of rotatable bonds is 6. The summed E-state index contributed by atoms with van der Waals surface area (Å²) in [6.45, 7) is 3.48. The molecule has 1 unspecified atom stereocenters. The van der Waals surface area contributed by atoms with Crippen molar-refractivity contribution in [3.8, 4) is 0 Å². The molecule has 0 bridgehead atoms. The van der Waals surface area contributed by atoms with Gasteiger partial charge >= 0.3 is 0 Å². The molecule has 1 saturated carbocycles. The Kier molecular flexibility index (Phi) is 6.24. The third-order valence-corrected chi connectivity index (χ3v) is 4.57. The Morgan fingerprint density at radius 2 is 1.90 bits per heavy atom. The van der Waals surface area contributed by atoms with E-state index in [1.165, 1.54) is 19.3 Å². The summed E-state index contributed by atoms with van der Waals surface area (Å²) in [4.78, 5) is 15.0. The topological polar surface area (TPSA) is 46.3 Å². The Morgan fingerprint density at radius 3 is 2.52 bits per heavy atom. The Hall–Kier alpha value is -1.35. The fourth-order valence-electron chi connectivity index (χ4n) is 3.26. The van der Waals surface area contributed by atoms with Crippen LogP contribution in [-0.4, -0.2) is 29.9 Å². The van der Waals surface area contributed by atoms with Gasteiger partial charge in [-0.25, -0.2) is 0 Å². The van der Waals surface area contributed by atoms with Crippen LogP contribution in [0.25, 0.3) is 0 Å². The van der Waals surface area contributed by atoms with E-state index in [-0.39, 0.29) is 11.8 Å². The number of carbonyl (C=O) groups excluding carboxylic acids is 1. The standard InChI is InChI=1S/C18H28N2O/c1-15(16-9-4-2-5-10-16)18(21)20(14-8-13-19)17-11-6-3-7-12-17/h2,4-5,9-10,15,17H,3,6-8,11-14,19H2,1H3.